The van der Waals surface area contributed by atoms with Gasteiger partial charge < -0.3 is 19.9 Å². The number of rotatable bonds is 11. The van der Waals surface area contributed by atoms with Crippen LogP contribution in [0.2, 0.25) is 10.0 Å². The molecule has 0 radical (unpaired) electrons. The van der Waals surface area contributed by atoms with Gasteiger partial charge in [0.25, 0.3) is 0 Å². The van der Waals surface area contributed by atoms with E-state index in [4.69, 9.17) is 27.9 Å². The smallest absolute Gasteiger partial charge is 0.328 e. The van der Waals surface area contributed by atoms with Gasteiger partial charge in [0.2, 0.25) is 21.8 Å². The van der Waals surface area contributed by atoms with E-state index in [0.717, 1.165) is 30.5 Å². The van der Waals surface area contributed by atoms with Crippen molar-refractivity contribution in [2.75, 3.05) is 67.0 Å². The van der Waals surface area contributed by atoms with Crippen molar-refractivity contribution >= 4 is 51.0 Å². The molecule has 0 spiro atoms. The lowest BCUT2D eigenvalue weighted by atomic mass is 10.1. The van der Waals surface area contributed by atoms with Crippen molar-refractivity contribution in [3.63, 3.8) is 0 Å². The van der Waals surface area contributed by atoms with Gasteiger partial charge in [0.05, 0.1) is 12.0 Å². The Hall–Kier alpha value is -1.96. The van der Waals surface area contributed by atoms with E-state index in [2.05, 4.69) is 15.1 Å². The number of sulfonamides is 1. The molecule has 2 atom stereocenters. The van der Waals surface area contributed by atoms with Crippen molar-refractivity contribution in [2.45, 2.75) is 42.7 Å². The molecule has 2 heterocycles. The number of hydrogen-bond acceptors (Lipinski definition) is 8. The van der Waals surface area contributed by atoms with Crippen LogP contribution in [-0.4, -0.2) is 124 Å². The monoisotopic (exact) mass is 605 g/mol. The second kappa shape index (κ2) is 14.1. The van der Waals surface area contributed by atoms with Crippen LogP contribution in [-0.2, 0) is 29.1 Å². The molecule has 3 rings (SSSR count). The molecule has 2 aliphatic rings. The van der Waals surface area contributed by atoms with Crippen molar-refractivity contribution in [1.29, 1.82) is 0 Å². The number of amides is 2. The fourth-order valence-electron chi connectivity index (χ4n) is 4.75. The maximum atomic E-state index is 13.3. The van der Waals surface area contributed by atoms with Gasteiger partial charge in [-0.25, -0.2) is 13.2 Å². The third-order valence-corrected chi connectivity index (χ3v) is 9.31. The Bertz CT molecular complexity index is 1120. The molecule has 1 aromatic carbocycles. The lowest BCUT2D eigenvalue weighted by molar-refractivity contribution is -0.146. The number of esters is 1. The minimum absolute atomic E-state index is 0.0431. The number of nitrogens with zero attached hydrogens (tertiary/aromatic N) is 4. The van der Waals surface area contributed by atoms with Crippen LogP contribution in [0, 0.1) is 0 Å². The Morgan fingerprint density at radius 1 is 1.08 bits per heavy atom. The lowest BCUT2D eigenvalue weighted by Gasteiger charge is -2.35. The van der Waals surface area contributed by atoms with Crippen molar-refractivity contribution in [1.82, 2.24) is 24.3 Å². The molecule has 2 amide bonds. The highest BCUT2D eigenvalue weighted by Gasteiger charge is 2.41. The lowest BCUT2D eigenvalue weighted by Crippen LogP contribution is -2.52. The molecule has 0 aromatic heterocycles. The fourth-order valence-corrected chi connectivity index (χ4v) is 7.13. The van der Waals surface area contributed by atoms with Crippen LogP contribution in [0.1, 0.15) is 25.7 Å². The SMILES string of the molecule is COC(=O)[C@H](CCC(=O)N1CCN(CCN(C)C)CC1)NC(=O)[C@@H]1CCCN1S(=O)(=O)c1cc(Cl)cc(Cl)c1. The van der Waals surface area contributed by atoms with Gasteiger partial charge in [-0.3, -0.25) is 14.5 Å². The van der Waals surface area contributed by atoms with Gasteiger partial charge >= 0.3 is 5.97 Å². The molecule has 2 fully saturated rings. The van der Waals surface area contributed by atoms with Gasteiger partial charge in [0.15, 0.2) is 0 Å². The highest BCUT2D eigenvalue weighted by molar-refractivity contribution is 7.89. The number of ether oxygens (including phenoxy) is 1. The van der Waals surface area contributed by atoms with E-state index in [1.54, 1.807) is 4.90 Å². The molecule has 14 heteroatoms. The van der Waals surface area contributed by atoms with E-state index < -0.39 is 34.0 Å². The van der Waals surface area contributed by atoms with E-state index >= 15 is 0 Å². The van der Waals surface area contributed by atoms with Crippen LogP contribution in [0.3, 0.4) is 0 Å². The van der Waals surface area contributed by atoms with Gasteiger partial charge in [0.1, 0.15) is 12.1 Å². The Labute approximate surface area is 240 Å². The first-order valence-corrected chi connectivity index (χ1v) is 15.1. The molecule has 0 bridgehead atoms. The summed E-state index contributed by atoms with van der Waals surface area (Å²) in [6.07, 6.45) is 0.838. The molecule has 0 saturated carbocycles. The molecule has 1 N–H and O–H groups in total. The summed E-state index contributed by atoms with van der Waals surface area (Å²) in [7, 11) is 1.17. The number of carbonyl (C=O) groups is 3. The summed E-state index contributed by atoms with van der Waals surface area (Å²) < 4.78 is 32.5. The zero-order valence-corrected chi connectivity index (χ0v) is 24.9. The molecular weight excluding hydrogens is 569 g/mol. The quantitative estimate of drug-likeness (QED) is 0.375. The second-order valence-electron chi connectivity index (χ2n) is 10.0. The predicted molar refractivity (Wildman–Crippen MR) is 148 cm³/mol. The third-order valence-electron chi connectivity index (χ3n) is 6.99. The van der Waals surface area contributed by atoms with Crippen LogP contribution in [0.4, 0.5) is 0 Å². The second-order valence-corrected chi connectivity index (χ2v) is 12.8. The molecule has 0 aliphatic carbocycles. The van der Waals surface area contributed by atoms with Crippen molar-refractivity contribution in [3.8, 4) is 0 Å². The average Bonchev–Trinajstić information content (AvgIpc) is 3.40. The van der Waals surface area contributed by atoms with Crippen LogP contribution >= 0.6 is 23.2 Å². The molecule has 2 aliphatic heterocycles. The highest BCUT2D eigenvalue weighted by atomic mass is 35.5. The predicted octanol–water partition coefficient (Wildman–Crippen LogP) is 1.29. The molecule has 0 unspecified atom stereocenters. The summed E-state index contributed by atoms with van der Waals surface area (Å²) >= 11 is 12.0. The third kappa shape index (κ3) is 8.51. The zero-order valence-electron chi connectivity index (χ0n) is 22.6. The largest absolute Gasteiger partial charge is 0.467 e. The van der Waals surface area contributed by atoms with E-state index in [1.807, 2.05) is 14.1 Å². The topological polar surface area (TPSA) is 120 Å². The molecule has 39 heavy (non-hydrogen) atoms. The first-order chi connectivity index (χ1) is 18.4. The molecule has 218 valence electrons. The van der Waals surface area contributed by atoms with E-state index in [-0.39, 0.29) is 46.7 Å². The number of hydrogen-bond donors (Lipinski definition) is 1. The van der Waals surface area contributed by atoms with Gasteiger partial charge in [-0.2, -0.15) is 4.31 Å². The Balaban J connectivity index is 1.60. The van der Waals surface area contributed by atoms with Crippen LogP contribution < -0.4 is 5.32 Å². The molecule has 1 aromatic rings. The number of carbonyl (C=O) groups excluding carboxylic acids is 3. The standard InChI is InChI=1S/C25H37Cl2N5O6S/c1-29(2)9-10-30-11-13-31(14-12-30)23(33)7-6-21(25(35)38-3)28-24(34)22-5-4-8-32(22)39(36,37)20-16-18(26)15-19(27)17-20/h15-17,21-22H,4-14H2,1-3H3,(H,28,34)/t21-,22-/m0/s1. The zero-order chi connectivity index (χ0) is 28.7. The Kier molecular flexibility index (Phi) is 11.4. The number of likely N-dealkylation sites (N-methyl/N-ethyl adjacent to an activating group) is 1. The Morgan fingerprint density at radius 3 is 2.31 bits per heavy atom. The minimum atomic E-state index is -4.07. The first-order valence-electron chi connectivity index (χ1n) is 12.9. The number of nitrogens with one attached hydrogen (secondary N) is 1. The van der Waals surface area contributed by atoms with Gasteiger partial charge in [0, 0.05) is 62.3 Å². The van der Waals surface area contributed by atoms with Crippen LogP contribution in [0.25, 0.3) is 0 Å². The number of benzene rings is 1. The minimum Gasteiger partial charge on any atom is -0.467 e. The number of halogens is 2. The van der Waals surface area contributed by atoms with E-state index in [0.29, 0.717) is 19.5 Å². The summed E-state index contributed by atoms with van der Waals surface area (Å²) in [6, 6.07) is 1.87. The van der Waals surface area contributed by atoms with E-state index in [1.165, 1.54) is 25.3 Å². The van der Waals surface area contributed by atoms with Crippen molar-refractivity contribution in [3.05, 3.63) is 28.2 Å². The fraction of sp³-hybridized carbons (Fsp3) is 0.640. The molecular formula is C25H37Cl2N5O6S. The summed E-state index contributed by atoms with van der Waals surface area (Å²) in [5, 5.41) is 2.94. The summed E-state index contributed by atoms with van der Waals surface area (Å²) in [5.41, 5.74) is 0. The van der Waals surface area contributed by atoms with Gasteiger partial charge in [-0.1, -0.05) is 23.2 Å². The van der Waals surface area contributed by atoms with Gasteiger partial charge in [-0.15, -0.1) is 0 Å². The highest BCUT2D eigenvalue weighted by Crippen LogP contribution is 2.30. The summed E-state index contributed by atoms with van der Waals surface area (Å²) in [5.74, 6) is -1.42. The van der Waals surface area contributed by atoms with Crippen molar-refractivity contribution < 1.29 is 27.5 Å². The summed E-state index contributed by atoms with van der Waals surface area (Å²) in [4.78, 5) is 44.6. The Morgan fingerprint density at radius 2 is 1.72 bits per heavy atom. The molecule has 11 nitrogen and oxygen atoms in total. The van der Waals surface area contributed by atoms with E-state index in [9.17, 15) is 22.8 Å². The number of methoxy groups -OCH3 is 1. The summed E-state index contributed by atoms with van der Waals surface area (Å²) in [6.45, 7) is 4.77. The van der Waals surface area contributed by atoms with Gasteiger partial charge in [-0.05, 0) is 51.6 Å². The normalized spacial score (nSPS) is 19.7. The maximum absolute atomic E-state index is 13.3. The van der Waals surface area contributed by atoms with Crippen molar-refractivity contribution in [2.24, 2.45) is 0 Å². The van der Waals surface area contributed by atoms with Crippen LogP contribution in [0.15, 0.2) is 23.1 Å². The maximum Gasteiger partial charge on any atom is 0.328 e. The number of piperazine rings is 1. The van der Waals surface area contributed by atoms with Crippen LogP contribution in [0.5, 0.6) is 0 Å². The molecule has 2 saturated heterocycles. The first kappa shape index (κ1) is 31.6. The average molecular weight is 607 g/mol.